The third kappa shape index (κ3) is 4.36. The van der Waals surface area contributed by atoms with E-state index in [1.54, 1.807) is 0 Å². The molecule has 3 heterocycles. The van der Waals surface area contributed by atoms with Gasteiger partial charge in [-0.2, -0.15) is 13.2 Å². The van der Waals surface area contributed by atoms with Gasteiger partial charge in [0.05, 0.1) is 5.69 Å². The van der Waals surface area contributed by atoms with Crippen LogP contribution in [-0.4, -0.2) is 17.2 Å². The second-order valence-corrected chi connectivity index (χ2v) is 7.47. The summed E-state index contributed by atoms with van der Waals surface area (Å²) in [5.74, 6) is -0.455. The Morgan fingerprint density at radius 1 is 1.41 bits per heavy atom. The van der Waals surface area contributed by atoms with Gasteiger partial charge in [-0.15, -0.1) is 11.3 Å². The fraction of sp³-hybridized carbons (Fsp3) is 0.353. The van der Waals surface area contributed by atoms with Gasteiger partial charge in [-0.05, 0) is 18.4 Å². The lowest BCUT2D eigenvalue weighted by molar-refractivity contribution is -0.137. The molecule has 4 nitrogen and oxygen atoms in total. The highest BCUT2D eigenvalue weighted by atomic mass is 35.5. The third-order valence-corrected chi connectivity index (χ3v) is 5.08. The van der Waals surface area contributed by atoms with Gasteiger partial charge in [-0.3, -0.25) is 0 Å². The average Bonchev–Trinajstić information content (AvgIpc) is 3.18. The summed E-state index contributed by atoms with van der Waals surface area (Å²) in [6.07, 6.45) is -6.65. The van der Waals surface area contributed by atoms with Crippen molar-refractivity contribution < 1.29 is 22.0 Å². The van der Waals surface area contributed by atoms with Crippen molar-refractivity contribution in [3.05, 3.63) is 44.9 Å². The van der Waals surface area contributed by atoms with E-state index in [1.165, 1.54) is 24.3 Å². The predicted octanol–water partition coefficient (Wildman–Crippen LogP) is 5.40. The average molecular weight is 422 g/mol. The molecule has 0 radical (unpaired) electrons. The number of hydrogen-bond donors (Lipinski definition) is 2. The summed E-state index contributed by atoms with van der Waals surface area (Å²) in [4.78, 5) is 4.78. The van der Waals surface area contributed by atoms with Crippen LogP contribution < -0.4 is 11.1 Å². The number of alkyl halides is 4. The van der Waals surface area contributed by atoms with Gasteiger partial charge in [0.1, 0.15) is 28.2 Å². The van der Waals surface area contributed by atoms with E-state index in [-0.39, 0.29) is 16.4 Å². The second kappa shape index (κ2) is 7.65. The van der Waals surface area contributed by atoms with E-state index in [0.29, 0.717) is 6.54 Å². The van der Waals surface area contributed by atoms with Gasteiger partial charge < -0.3 is 15.5 Å². The van der Waals surface area contributed by atoms with Crippen molar-refractivity contribution in [3.8, 4) is 0 Å². The molecule has 0 saturated heterocycles. The molecule has 27 heavy (non-hydrogen) atoms. The summed E-state index contributed by atoms with van der Waals surface area (Å²) < 4.78 is 59.8. The molecular formula is C17H16ClF4N3OS. The zero-order valence-corrected chi connectivity index (χ0v) is 15.7. The van der Waals surface area contributed by atoms with Gasteiger partial charge in [0.15, 0.2) is 5.58 Å². The van der Waals surface area contributed by atoms with Crippen molar-refractivity contribution in [2.24, 2.45) is 5.73 Å². The van der Waals surface area contributed by atoms with E-state index in [2.05, 4.69) is 10.3 Å². The minimum atomic E-state index is -4.75. The smallest absolute Gasteiger partial charge is 0.421 e. The van der Waals surface area contributed by atoms with Crippen molar-refractivity contribution in [2.75, 3.05) is 5.32 Å². The fourth-order valence-corrected chi connectivity index (χ4v) is 3.46. The number of aromatic nitrogens is 1. The first-order chi connectivity index (χ1) is 12.7. The van der Waals surface area contributed by atoms with Crippen LogP contribution in [0.3, 0.4) is 0 Å². The summed E-state index contributed by atoms with van der Waals surface area (Å²) in [5, 5.41) is 4.79. The number of pyridine rings is 1. The van der Waals surface area contributed by atoms with Gasteiger partial charge in [0.2, 0.25) is 0 Å². The zero-order chi connectivity index (χ0) is 19.8. The van der Waals surface area contributed by atoms with Crippen LogP contribution in [0.25, 0.3) is 11.1 Å². The van der Waals surface area contributed by atoms with E-state index < -0.39 is 41.7 Å². The maximum Gasteiger partial charge on any atom is 0.421 e. The molecule has 3 N–H and O–H groups in total. The molecule has 10 heteroatoms. The number of furan rings is 1. The Balaban J connectivity index is 2.08. The van der Waals surface area contributed by atoms with Crippen molar-refractivity contribution in [3.63, 3.8) is 0 Å². The van der Waals surface area contributed by atoms with Crippen molar-refractivity contribution in [1.29, 1.82) is 0 Å². The van der Waals surface area contributed by atoms with Crippen LogP contribution in [0.1, 0.15) is 23.1 Å². The summed E-state index contributed by atoms with van der Waals surface area (Å²) >= 11 is 7.43. The summed E-state index contributed by atoms with van der Waals surface area (Å²) in [7, 11) is 0. The van der Waals surface area contributed by atoms with Crippen LogP contribution in [0.15, 0.2) is 28.0 Å². The maximum atomic E-state index is 13.6. The monoisotopic (exact) mass is 421 g/mol. The Labute approximate surface area is 161 Å². The molecule has 3 aromatic rings. The Hall–Kier alpha value is -1.84. The summed E-state index contributed by atoms with van der Waals surface area (Å²) in [6, 6.07) is 4.00. The SMILES string of the molecule is C[C@H](F)[C@H](N)Cc1oc2c(NCc3cccs3)cc(Cl)nc2c1C(F)(F)F. The largest absolute Gasteiger partial charge is 0.456 e. The number of nitrogens with one attached hydrogen (secondary N) is 1. The van der Waals surface area contributed by atoms with E-state index in [1.807, 2.05) is 17.5 Å². The van der Waals surface area contributed by atoms with Gasteiger partial charge >= 0.3 is 6.18 Å². The molecule has 0 aliphatic heterocycles. The second-order valence-electron chi connectivity index (χ2n) is 6.05. The van der Waals surface area contributed by atoms with Crippen LogP contribution in [-0.2, 0) is 19.1 Å². The number of rotatable bonds is 6. The van der Waals surface area contributed by atoms with Crippen LogP contribution in [0.5, 0.6) is 0 Å². The number of nitrogens with zero attached hydrogens (tertiary/aromatic N) is 1. The van der Waals surface area contributed by atoms with Gasteiger partial charge in [0.25, 0.3) is 0 Å². The molecular weight excluding hydrogens is 406 g/mol. The highest BCUT2D eigenvalue weighted by Crippen LogP contribution is 2.42. The minimum Gasteiger partial charge on any atom is -0.456 e. The predicted molar refractivity (Wildman–Crippen MR) is 97.9 cm³/mol. The summed E-state index contributed by atoms with van der Waals surface area (Å²) in [5.41, 5.74) is 4.31. The Morgan fingerprint density at radius 3 is 2.74 bits per heavy atom. The molecule has 0 amide bonds. The molecule has 0 fully saturated rings. The lowest BCUT2D eigenvalue weighted by Crippen LogP contribution is -2.32. The highest BCUT2D eigenvalue weighted by Gasteiger charge is 2.40. The summed E-state index contributed by atoms with van der Waals surface area (Å²) in [6.45, 7) is 1.56. The molecule has 0 aliphatic rings. The number of hydrogen-bond acceptors (Lipinski definition) is 5. The zero-order valence-electron chi connectivity index (χ0n) is 14.1. The number of anilines is 1. The van der Waals surface area contributed by atoms with Crippen molar-refractivity contribution >= 4 is 39.7 Å². The molecule has 0 spiro atoms. The van der Waals surface area contributed by atoms with E-state index in [0.717, 1.165) is 4.88 Å². The van der Waals surface area contributed by atoms with Gasteiger partial charge in [0, 0.05) is 30.0 Å². The molecule has 0 bridgehead atoms. The third-order valence-electron chi connectivity index (χ3n) is 4.01. The van der Waals surface area contributed by atoms with E-state index in [9.17, 15) is 17.6 Å². The van der Waals surface area contributed by atoms with Crippen LogP contribution in [0.4, 0.5) is 23.2 Å². The number of fused-ring (bicyclic) bond motifs is 1. The number of nitrogens with two attached hydrogens (primary N) is 1. The standard InChI is InChI=1S/C17H16ClF4N3OS/c1-8(19)10(23)5-12-14(17(20,21)22)15-16(26-12)11(6-13(18)25-15)24-7-9-3-2-4-27-9/h2-4,6,8,10H,5,7,23H2,1H3,(H,24,25)/t8-,10+/m0/s1. The Morgan fingerprint density at radius 2 is 2.15 bits per heavy atom. The Kier molecular flexibility index (Phi) is 5.64. The molecule has 3 aromatic heterocycles. The lowest BCUT2D eigenvalue weighted by Gasteiger charge is -2.13. The number of halogens is 5. The fourth-order valence-electron chi connectivity index (χ4n) is 2.62. The van der Waals surface area contributed by atoms with Crippen molar-refractivity contribution in [1.82, 2.24) is 4.98 Å². The highest BCUT2D eigenvalue weighted by molar-refractivity contribution is 7.09. The van der Waals surface area contributed by atoms with E-state index in [4.69, 9.17) is 21.8 Å². The molecule has 3 rings (SSSR count). The van der Waals surface area contributed by atoms with Crippen LogP contribution >= 0.6 is 22.9 Å². The van der Waals surface area contributed by atoms with Crippen molar-refractivity contribution in [2.45, 2.75) is 38.3 Å². The first-order valence-electron chi connectivity index (χ1n) is 8.02. The van der Waals surface area contributed by atoms with E-state index >= 15 is 0 Å². The molecule has 0 aliphatic carbocycles. The first kappa shape index (κ1) is 19.9. The molecule has 0 unspecified atom stereocenters. The van der Waals surface area contributed by atoms with Crippen LogP contribution in [0, 0.1) is 0 Å². The Bertz CT molecular complexity index is 925. The first-order valence-corrected chi connectivity index (χ1v) is 9.27. The topological polar surface area (TPSA) is 64.1 Å². The normalized spacial score (nSPS) is 14.5. The molecule has 0 saturated carbocycles. The quantitative estimate of drug-likeness (QED) is 0.413. The number of thiophene rings is 1. The maximum absolute atomic E-state index is 13.6. The van der Waals surface area contributed by atoms with Gasteiger partial charge in [-0.1, -0.05) is 17.7 Å². The lowest BCUT2D eigenvalue weighted by atomic mass is 10.1. The van der Waals surface area contributed by atoms with Crippen LogP contribution in [0.2, 0.25) is 5.15 Å². The molecule has 146 valence electrons. The molecule has 0 aromatic carbocycles. The molecule has 2 atom stereocenters. The van der Waals surface area contributed by atoms with Gasteiger partial charge in [-0.25, -0.2) is 9.37 Å². The minimum absolute atomic E-state index is 0.0861.